The molecule has 5 rings (SSSR count). The first-order valence-corrected chi connectivity index (χ1v) is 9.73. The number of hydrogen-bond acceptors (Lipinski definition) is 7. The number of morpholine rings is 2. The van der Waals surface area contributed by atoms with Crippen molar-refractivity contribution in [1.29, 1.82) is 0 Å². The molecule has 7 nitrogen and oxygen atoms in total. The van der Waals surface area contributed by atoms with Gasteiger partial charge >= 0.3 is 0 Å². The average Bonchev–Trinajstić information content (AvgIpc) is 3.19. The zero-order chi connectivity index (χ0) is 18.1. The summed E-state index contributed by atoms with van der Waals surface area (Å²) >= 11 is 0. The minimum absolute atomic E-state index is 0.751. The maximum Gasteiger partial charge on any atom is 0.229 e. The Balaban J connectivity index is 1.48. The molecule has 1 aromatic carbocycles. The number of hydrogen-bond donors (Lipinski definition) is 0. The molecule has 4 heterocycles. The van der Waals surface area contributed by atoms with Gasteiger partial charge in [-0.25, -0.2) is 0 Å². The molecule has 0 amide bonds. The average molecular weight is 367 g/mol. The molecule has 1 aromatic heterocycles. The van der Waals surface area contributed by atoms with Crippen molar-refractivity contribution in [3.8, 4) is 0 Å². The van der Waals surface area contributed by atoms with Gasteiger partial charge in [-0.3, -0.25) is 0 Å². The third kappa shape index (κ3) is 3.44. The van der Waals surface area contributed by atoms with E-state index in [0.717, 1.165) is 83.3 Å². The lowest BCUT2D eigenvalue weighted by Crippen LogP contribution is -2.39. The summed E-state index contributed by atoms with van der Waals surface area (Å²) in [6, 6.07) is 10.7. The van der Waals surface area contributed by atoms with Crippen molar-refractivity contribution in [3.05, 3.63) is 41.5 Å². The van der Waals surface area contributed by atoms with Gasteiger partial charge in [0, 0.05) is 45.3 Å². The summed E-state index contributed by atoms with van der Waals surface area (Å²) in [7, 11) is 0. The fourth-order valence-electron chi connectivity index (χ4n) is 3.93. The van der Waals surface area contributed by atoms with Crippen LogP contribution in [0.25, 0.3) is 0 Å². The highest BCUT2D eigenvalue weighted by Gasteiger charge is 2.24. The van der Waals surface area contributed by atoms with E-state index in [4.69, 9.17) is 19.4 Å². The Bertz CT molecular complexity index is 741. The van der Waals surface area contributed by atoms with Crippen molar-refractivity contribution in [2.24, 2.45) is 0 Å². The van der Waals surface area contributed by atoms with Gasteiger partial charge in [0.15, 0.2) is 0 Å². The van der Waals surface area contributed by atoms with Crippen LogP contribution in [-0.2, 0) is 22.6 Å². The fourth-order valence-corrected chi connectivity index (χ4v) is 3.93. The second kappa shape index (κ2) is 7.32. The monoisotopic (exact) mass is 367 g/mol. The number of rotatable bonds is 3. The van der Waals surface area contributed by atoms with E-state index >= 15 is 0 Å². The van der Waals surface area contributed by atoms with Crippen LogP contribution in [0.4, 0.5) is 17.6 Å². The van der Waals surface area contributed by atoms with Crippen LogP contribution < -0.4 is 14.7 Å². The van der Waals surface area contributed by atoms with Crippen LogP contribution in [0.2, 0.25) is 0 Å². The second-order valence-corrected chi connectivity index (χ2v) is 7.21. The molecule has 0 N–H and O–H groups in total. The second-order valence-electron chi connectivity index (χ2n) is 7.21. The molecule has 3 aliphatic rings. The van der Waals surface area contributed by atoms with Crippen molar-refractivity contribution in [2.45, 2.75) is 13.1 Å². The Morgan fingerprint density at radius 1 is 0.667 bits per heavy atom. The van der Waals surface area contributed by atoms with E-state index in [1.54, 1.807) is 0 Å². The topological polar surface area (TPSA) is 54.0 Å². The highest BCUT2D eigenvalue weighted by atomic mass is 16.5. The van der Waals surface area contributed by atoms with Gasteiger partial charge in [0.25, 0.3) is 0 Å². The molecule has 2 saturated heterocycles. The first-order chi connectivity index (χ1) is 13.4. The van der Waals surface area contributed by atoms with E-state index in [-0.39, 0.29) is 0 Å². The third-order valence-electron chi connectivity index (χ3n) is 5.48. The van der Waals surface area contributed by atoms with Gasteiger partial charge in [0.2, 0.25) is 5.95 Å². The normalized spacial score (nSPS) is 20.1. The molecule has 0 spiro atoms. The van der Waals surface area contributed by atoms with Crippen LogP contribution in [0.3, 0.4) is 0 Å². The van der Waals surface area contributed by atoms with E-state index in [1.807, 2.05) is 0 Å². The molecule has 0 aliphatic carbocycles. The van der Waals surface area contributed by atoms with Gasteiger partial charge < -0.3 is 24.2 Å². The van der Waals surface area contributed by atoms with Gasteiger partial charge in [-0.2, -0.15) is 9.97 Å². The Morgan fingerprint density at radius 3 is 1.63 bits per heavy atom. The first kappa shape index (κ1) is 16.8. The van der Waals surface area contributed by atoms with Crippen LogP contribution in [-0.4, -0.2) is 62.6 Å². The number of benzene rings is 1. The number of anilines is 3. The predicted octanol–water partition coefficient (Wildman–Crippen LogP) is 1.67. The Hall–Kier alpha value is -2.38. The molecule has 7 heteroatoms. The standard InChI is InChI=1S/C20H25N5O2/c1-2-4-17-15-25(14-16(17)3-1)20-21-18(23-5-9-26-10-6-23)13-19(22-20)24-7-11-27-12-8-24/h1-4,13H,5-12,14-15H2. The summed E-state index contributed by atoms with van der Waals surface area (Å²) < 4.78 is 11.0. The van der Waals surface area contributed by atoms with Crippen LogP contribution in [0.15, 0.2) is 30.3 Å². The first-order valence-electron chi connectivity index (χ1n) is 9.73. The molecule has 142 valence electrons. The van der Waals surface area contributed by atoms with E-state index in [9.17, 15) is 0 Å². The Labute approximate surface area is 159 Å². The van der Waals surface area contributed by atoms with Gasteiger partial charge in [-0.05, 0) is 11.1 Å². The van der Waals surface area contributed by atoms with E-state index in [2.05, 4.69) is 45.0 Å². The Morgan fingerprint density at radius 2 is 1.15 bits per heavy atom. The minimum Gasteiger partial charge on any atom is -0.378 e. The van der Waals surface area contributed by atoms with Crippen LogP contribution in [0.5, 0.6) is 0 Å². The van der Waals surface area contributed by atoms with E-state index in [0.29, 0.717) is 0 Å². The molecule has 0 saturated carbocycles. The molecule has 0 bridgehead atoms. The zero-order valence-corrected chi connectivity index (χ0v) is 15.5. The van der Waals surface area contributed by atoms with Gasteiger partial charge in [-0.1, -0.05) is 24.3 Å². The number of fused-ring (bicyclic) bond motifs is 1. The van der Waals surface area contributed by atoms with Crippen molar-refractivity contribution < 1.29 is 9.47 Å². The largest absolute Gasteiger partial charge is 0.378 e. The molecule has 0 radical (unpaired) electrons. The quantitative estimate of drug-likeness (QED) is 0.818. The molecular weight excluding hydrogens is 342 g/mol. The number of nitrogens with zero attached hydrogens (tertiary/aromatic N) is 5. The van der Waals surface area contributed by atoms with Crippen LogP contribution in [0.1, 0.15) is 11.1 Å². The number of ether oxygens (including phenoxy) is 2. The maximum atomic E-state index is 5.52. The minimum atomic E-state index is 0.751. The highest BCUT2D eigenvalue weighted by Crippen LogP contribution is 2.30. The number of aromatic nitrogens is 2. The molecule has 3 aliphatic heterocycles. The molecule has 2 aromatic rings. The van der Waals surface area contributed by atoms with E-state index < -0.39 is 0 Å². The van der Waals surface area contributed by atoms with Crippen molar-refractivity contribution in [3.63, 3.8) is 0 Å². The predicted molar refractivity (Wildman–Crippen MR) is 104 cm³/mol. The lowest BCUT2D eigenvalue weighted by molar-refractivity contribution is 0.122. The maximum absolute atomic E-state index is 5.52. The Kier molecular flexibility index (Phi) is 4.55. The van der Waals surface area contributed by atoms with Crippen molar-refractivity contribution >= 4 is 17.6 Å². The van der Waals surface area contributed by atoms with Gasteiger partial charge in [0.05, 0.1) is 26.4 Å². The van der Waals surface area contributed by atoms with Crippen LogP contribution >= 0.6 is 0 Å². The summed E-state index contributed by atoms with van der Waals surface area (Å²) in [4.78, 5) is 16.8. The molecule has 0 unspecified atom stereocenters. The van der Waals surface area contributed by atoms with E-state index in [1.165, 1.54) is 11.1 Å². The third-order valence-corrected chi connectivity index (χ3v) is 5.48. The smallest absolute Gasteiger partial charge is 0.229 e. The van der Waals surface area contributed by atoms with Crippen molar-refractivity contribution in [2.75, 3.05) is 67.3 Å². The van der Waals surface area contributed by atoms with Crippen molar-refractivity contribution in [1.82, 2.24) is 9.97 Å². The molecule has 0 atom stereocenters. The summed E-state index contributed by atoms with van der Waals surface area (Å²) in [6.07, 6.45) is 0. The summed E-state index contributed by atoms with van der Waals surface area (Å²) in [6.45, 7) is 8.24. The molecule has 27 heavy (non-hydrogen) atoms. The lowest BCUT2D eigenvalue weighted by Gasteiger charge is -2.32. The zero-order valence-electron chi connectivity index (χ0n) is 15.5. The fraction of sp³-hybridized carbons (Fsp3) is 0.500. The van der Waals surface area contributed by atoms with Crippen LogP contribution in [0, 0.1) is 0 Å². The lowest BCUT2D eigenvalue weighted by atomic mass is 10.1. The molecule has 2 fully saturated rings. The van der Waals surface area contributed by atoms with Gasteiger partial charge in [0.1, 0.15) is 11.6 Å². The SMILES string of the molecule is c1ccc2c(c1)CN(c1nc(N3CCOCC3)cc(N3CCOCC3)n1)C2. The summed E-state index contributed by atoms with van der Waals surface area (Å²) in [5.74, 6) is 2.82. The van der Waals surface area contributed by atoms with Gasteiger partial charge in [-0.15, -0.1) is 0 Å². The highest BCUT2D eigenvalue weighted by molar-refractivity contribution is 5.57. The summed E-state index contributed by atoms with van der Waals surface area (Å²) in [5, 5.41) is 0. The molecular formula is C20H25N5O2. The summed E-state index contributed by atoms with van der Waals surface area (Å²) in [5.41, 5.74) is 2.73.